The fourth-order valence-electron chi connectivity index (χ4n) is 0.144. The summed E-state index contributed by atoms with van der Waals surface area (Å²) < 4.78 is 0. The predicted molar refractivity (Wildman–Crippen MR) is 28.1 cm³/mol. The van der Waals surface area contributed by atoms with Crippen molar-refractivity contribution in [3.8, 4) is 0 Å². The van der Waals surface area contributed by atoms with Crippen molar-refractivity contribution in [2.45, 2.75) is 13.3 Å². The summed E-state index contributed by atoms with van der Waals surface area (Å²) in [5.41, 5.74) is 0. The molecule has 0 aliphatic heterocycles. The van der Waals surface area contributed by atoms with Gasteiger partial charge in [0.2, 0.25) is 0 Å². The van der Waals surface area contributed by atoms with Crippen LogP contribution in [0.15, 0.2) is 0 Å². The minimum atomic E-state index is 1.19. The standard InChI is InChI=1S/C4H9S/c1-3-4-5-2/h2-4H2,1H3/q+1. The third kappa shape index (κ3) is 4.22. The van der Waals surface area contributed by atoms with Gasteiger partial charge in [0.15, 0.2) is 0 Å². The van der Waals surface area contributed by atoms with Crippen LogP contribution in [0.1, 0.15) is 13.3 Å². The van der Waals surface area contributed by atoms with E-state index in [1.165, 1.54) is 12.2 Å². The average molecular weight is 89.2 g/mol. The van der Waals surface area contributed by atoms with Crippen molar-refractivity contribution in [1.29, 1.82) is 0 Å². The first-order valence-electron chi connectivity index (χ1n) is 1.78. The number of hydrogen-bond acceptors (Lipinski definition) is 1. The summed E-state index contributed by atoms with van der Waals surface area (Å²) in [5.74, 6) is 1.19. The van der Waals surface area contributed by atoms with Crippen LogP contribution in [0.25, 0.3) is 0 Å². The van der Waals surface area contributed by atoms with E-state index in [-0.39, 0.29) is 0 Å². The number of rotatable bonds is 2. The molecule has 0 unspecified atom stereocenters. The van der Waals surface area contributed by atoms with E-state index in [0.29, 0.717) is 0 Å². The Labute approximate surface area is 38.0 Å². The van der Waals surface area contributed by atoms with Gasteiger partial charge in [-0.05, 0) is 6.42 Å². The number of thioether (sulfide) groups is 1. The molecule has 0 saturated carbocycles. The van der Waals surface area contributed by atoms with E-state index in [1.54, 1.807) is 11.8 Å². The largest absolute Gasteiger partial charge is 0.128 e. The topological polar surface area (TPSA) is 0 Å². The van der Waals surface area contributed by atoms with Crippen LogP contribution in [0, 0.1) is 6.26 Å². The van der Waals surface area contributed by atoms with Gasteiger partial charge in [-0.2, -0.15) is 0 Å². The van der Waals surface area contributed by atoms with Crippen molar-refractivity contribution in [3.05, 3.63) is 6.26 Å². The second-order valence-electron chi connectivity index (χ2n) is 0.908. The quantitative estimate of drug-likeness (QED) is 0.466. The maximum atomic E-state index is 3.59. The Hall–Kier alpha value is 0.220. The van der Waals surface area contributed by atoms with Crippen LogP contribution in [-0.2, 0) is 0 Å². The fraction of sp³-hybridized carbons (Fsp3) is 0.750. The third-order valence-electron chi connectivity index (χ3n) is 0.348. The summed E-state index contributed by atoms with van der Waals surface area (Å²) >= 11 is 1.65. The highest BCUT2D eigenvalue weighted by atomic mass is 32.2. The molecular weight excluding hydrogens is 80.1 g/mol. The van der Waals surface area contributed by atoms with Gasteiger partial charge in [0, 0.05) is 5.75 Å². The molecule has 0 atom stereocenters. The zero-order chi connectivity index (χ0) is 4.12. The second-order valence-corrected chi connectivity index (χ2v) is 1.72. The summed E-state index contributed by atoms with van der Waals surface area (Å²) in [7, 11) is 0. The normalized spacial score (nSPS) is 8.20. The molecule has 0 spiro atoms. The monoisotopic (exact) mass is 89.0 g/mol. The molecule has 0 aromatic heterocycles. The molecule has 0 amide bonds. The highest BCUT2D eigenvalue weighted by Gasteiger charge is 1.76. The van der Waals surface area contributed by atoms with E-state index in [1.807, 2.05) is 0 Å². The third-order valence-corrected chi connectivity index (χ3v) is 1.05. The Morgan fingerprint density at radius 1 is 1.80 bits per heavy atom. The molecule has 0 fully saturated rings. The number of hydrogen-bond donors (Lipinski definition) is 0. The molecule has 0 aliphatic rings. The average Bonchev–Trinajstić information content (AvgIpc) is 1.41. The maximum Gasteiger partial charge on any atom is 0.128 e. The molecular formula is C4H9S+. The lowest BCUT2D eigenvalue weighted by Gasteiger charge is -1.71. The minimum absolute atomic E-state index is 1.19. The SMILES string of the molecule is [CH2+]SCCC. The Morgan fingerprint density at radius 2 is 2.40 bits per heavy atom. The van der Waals surface area contributed by atoms with Crippen molar-refractivity contribution in [3.63, 3.8) is 0 Å². The van der Waals surface area contributed by atoms with Crippen molar-refractivity contribution < 1.29 is 0 Å². The Balaban J connectivity index is 2.19. The van der Waals surface area contributed by atoms with E-state index >= 15 is 0 Å². The van der Waals surface area contributed by atoms with E-state index in [2.05, 4.69) is 13.2 Å². The van der Waals surface area contributed by atoms with E-state index in [9.17, 15) is 0 Å². The van der Waals surface area contributed by atoms with Crippen LogP contribution in [0.2, 0.25) is 0 Å². The van der Waals surface area contributed by atoms with Crippen LogP contribution in [0.4, 0.5) is 0 Å². The lowest BCUT2D eigenvalue weighted by molar-refractivity contribution is 1.11. The first-order valence-corrected chi connectivity index (χ1v) is 2.94. The van der Waals surface area contributed by atoms with Gasteiger partial charge in [0.25, 0.3) is 0 Å². The highest BCUT2D eigenvalue weighted by molar-refractivity contribution is 8.00. The lowest BCUT2D eigenvalue weighted by Crippen LogP contribution is -1.63. The first-order chi connectivity index (χ1) is 2.41. The van der Waals surface area contributed by atoms with E-state index in [4.69, 9.17) is 0 Å². The molecule has 0 aliphatic carbocycles. The van der Waals surface area contributed by atoms with Gasteiger partial charge in [-0.3, -0.25) is 0 Å². The van der Waals surface area contributed by atoms with Crippen LogP contribution in [0.5, 0.6) is 0 Å². The fourth-order valence-corrected chi connectivity index (χ4v) is 0.433. The molecule has 5 heavy (non-hydrogen) atoms. The van der Waals surface area contributed by atoms with Crippen molar-refractivity contribution in [2.24, 2.45) is 0 Å². The van der Waals surface area contributed by atoms with Crippen LogP contribution in [-0.4, -0.2) is 5.75 Å². The maximum absolute atomic E-state index is 3.59. The predicted octanol–water partition coefficient (Wildman–Crippen LogP) is 1.92. The van der Waals surface area contributed by atoms with Gasteiger partial charge < -0.3 is 0 Å². The molecule has 30 valence electrons. The zero-order valence-electron chi connectivity index (χ0n) is 3.53. The zero-order valence-corrected chi connectivity index (χ0v) is 4.35. The van der Waals surface area contributed by atoms with Gasteiger partial charge in [-0.1, -0.05) is 6.92 Å². The van der Waals surface area contributed by atoms with Gasteiger partial charge in [-0.25, -0.2) is 0 Å². The van der Waals surface area contributed by atoms with Gasteiger partial charge in [0.05, 0.1) is 11.8 Å². The van der Waals surface area contributed by atoms with Gasteiger partial charge in [-0.15, -0.1) is 0 Å². The minimum Gasteiger partial charge on any atom is -0.0644 e. The van der Waals surface area contributed by atoms with Crippen LogP contribution >= 0.6 is 11.8 Å². The molecule has 0 heterocycles. The molecule has 0 aromatic carbocycles. The molecule has 0 aromatic rings. The molecule has 0 radical (unpaired) electrons. The molecule has 0 N–H and O–H groups in total. The molecule has 0 nitrogen and oxygen atoms in total. The Bertz CT molecular complexity index is 11.1. The Kier molecular flexibility index (Phi) is 4.41. The smallest absolute Gasteiger partial charge is 0.0644 e. The van der Waals surface area contributed by atoms with Crippen molar-refractivity contribution >= 4 is 11.8 Å². The van der Waals surface area contributed by atoms with Crippen LogP contribution < -0.4 is 0 Å². The second kappa shape index (κ2) is 4.22. The van der Waals surface area contributed by atoms with Crippen LogP contribution in [0.3, 0.4) is 0 Å². The molecule has 0 saturated heterocycles. The van der Waals surface area contributed by atoms with E-state index in [0.717, 1.165) is 0 Å². The van der Waals surface area contributed by atoms with Gasteiger partial charge in [0.1, 0.15) is 6.26 Å². The highest BCUT2D eigenvalue weighted by Crippen LogP contribution is 1.94. The first kappa shape index (κ1) is 5.22. The summed E-state index contributed by atoms with van der Waals surface area (Å²) in [6, 6.07) is 0. The Morgan fingerprint density at radius 3 is 2.40 bits per heavy atom. The summed E-state index contributed by atoms with van der Waals surface area (Å²) in [4.78, 5) is 0. The lowest BCUT2D eigenvalue weighted by atomic mass is 10.6. The van der Waals surface area contributed by atoms with Crippen molar-refractivity contribution in [1.82, 2.24) is 0 Å². The molecule has 0 bridgehead atoms. The van der Waals surface area contributed by atoms with Crippen molar-refractivity contribution in [2.75, 3.05) is 5.75 Å². The van der Waals surface area contributed by atoms with E-state index < -0.39 is 0 Å². The summed E-state index contributed by atoms with van der Waals surface area (Å²) in [6.45, 7) is 2.15. The summed E-state index contributed by atoms with van der Waals surface area (Å²) in [6.07, 6.45) is 4.84. The van der Waals surface area contributed by atoms with Gasteiger partial charge >= 0.3 is 0 Å². The molecule has 1 heteroatoms. The molecule has 0 rings (SSSR count). The summed E-state index contributed by atoms with van der Waals surface area (Å²) in [5, 5.41) is 0.